The third kappa shape index (κ3) is 7.06. The number of aromatic nitrogens is 2. The molecule has 1 unspecified atom stereocenters. The molecule has 33 heavy (non-hydrogen) atoms. The summed E-state index contributed by atoms with van der Waals surface area (Å²) in [7, 11) is 0. The predicted octanol–water partition coefficient (Wildman–Crippen LogP) is 3.42. The fraction of sp³-hybridized carbons (Fsp3) is 0.583. The van der Waals surface area contributed by atoms with Crippen LogP contribution in [0.4, 0.5) is 14.6 Å². The van der Waals surface area contributed by atoms with E-state index in [9.17, 15) is 18.7 Å². The molecule has 0 bridgehead atoms. The summed E-state index contributed by atoms with van der Waals surface area (Å²) in [6.07, 6.45) is 6.17. The number of nitrogens with zero attached hydrogens (tertiary/aromatic N) is 3. The first-order valence-electron chi connectivity index (χ1n) is 11.6. The SMILES string of the molecule is CCC[C@H](NCC(O)c1cc(F)cc(F)c1)C(=O)Nc1cn(C(C)(C)CN2CCCC2)cn1. The van der Waals surface area contributed by atoms with Gasteiger partial charge in [0.15, 0.2) is 5.82 Å². The van der Waals surface area contributed by atoms with Crippen molar-refractivity contribution >= 4 is 11.7 Å². The number of likely N-dealkylation sites (tertiary alicyclic amines) is 1. The number of carbonyl (C=O) groups excluding carboxylic acids is 1. The number of amides is 1. The minimum Gasteiger partial charge on any atom is -0.387 e. The maximum Gasteiger partial charge on any atom is 0.242 e. The number of imidazole rings is 1. The van der Waals surface area contributed by atoms with E-state index in [1.807, 2.05) is 17.7 Å². The van der Waals surface area contributed by atoms with E-state index < -0.39 is 23.8 Å². The first-order valence-corrected chi connectivity index (χ1v) is 11.6. The van der Waals surface area contributed by atoms with Crippen molar-refractivity contribution in [2.75, 3.05) is 31.5 Å². The van der Waals surface area contributed by atoms with E-state index in [4.69, 9.17) is 0 Å². The van der Waals surface area contributed by atoms with Gasteiger partial charge in [-0.15, -0.1) is 0 Å². The highest BCUT2D eigenvalue weighted by Crippen LogP contribution is 2.22. The van der Waals surface area contributed by atoms with E-state index >= 15 is 0 Å². The lowest BCUT2D eigenvalue weighted by Gasteiger charge is -2.31. The molecule has 2 atom stereocenters. The molecule has 1 aliphatic heterocycles. The number of carbonyl (C=O) groups is 1. The molecule has 3 N–H and O–H groups in total. The first-order chi connectivity index (χ1) is 15.7. The van der Waals surface area contributed by atoms with Gasteiger partial charge in [-0.05, 0) is 63.9 Å². The van der Waals surface area contributed by atoms with Crippen LogP contribution in [0.3, 0.4) is 0 Å². The minimum absolute atomic E-state index is 0.0156. The molecular formula is C24H35F2N5O2. The normalized spacial score (nSPS) is 16.7. The van der Waals surface area contributed by atoms with Crippen LogP contribution < -0.4 is 10.6 Å². The highest BCUT2D eigenvalue weighted by molar-refractivity contribution is 5.93. The monoisotopic (exact) mass is 463 g/mol. The summed E-state index contributed by atoms with van der Waals surface area (Å²) >= 11 is 0. The van der Waals surface area contributed by atoms with Crippen molar-refractivity contribution < 1.29 is 18.7 Å². The number of rotatable bonds is 11. The van der Waals surface area contributed by atoms with Gasteiger partial charge in [0, 0.05) is 25.4 Å². The Morgan fingerprint density at radius 3 is 2.52 bits per heavy atom. The van der Waals surface area contributed by atoms with Crippen LogP contribution in [0, 0.1) is 11.6 Å². The molecule has 0 aliphatic carbocycles. The minimum atomic E-state index is -1.15. The lowest BCUT2D eigenvalue weighted by atomic mass is 10.1. The third-order valence-electron chi connectivity index (χ3n) is 6.06. The van der Waals surface area contributed by atoms with Gasteiger partial charge < -0.3 is 25.2 Å². The van der Waals surface area contributed by atoms with Crippen molar-refractivity contribution in [1.82, 2.24) is 19.8 Å². The average molecular weight is 464 g/mol. The molecule has 1 amide bonds. The van der Waals surface area contributed by atoms with Crippen LogP contribution in [-0.2, 0) is 10.3 Å². The Balaban J connectivity index is 1.58. The first kappa shape index (κ1) is 25.3. The Bertz CT molecular complexity index is 907. The Hall–Kier alpha value is -2.36. The fourth-order valence-corrected chi connectivity index (χ4v) is 4.26. The van der Waals surface area contributed by atoms with Crippen LogP contribution >= 0.6 is 0 Å². The smallest absolute Gasteiger partial charge is 0.242 e. The van der Waals surface area contributed by atoms with Crippen molar-refractivity contribution in [2.24, 2.45) is 0 Å². The molecule has 1 aliphatic rings. The van der Waals surface area contributed by atoms with E-state index in [1.165, 1.54) is 12.8 Å². The quantitative estimate of drug-likeness (QED) is 0.476. The molecule has 0 saturated carbocycles. The maximum absolute atomic E-state index is 13.4. The topological polar surface area (TPSA) is 82.4 Å². The van der Waals surface area contributed by atoms with Gasteiger partial charge in [-0.3, -0.25) is 4.79 Å². The summed E-state index contributed by atoms with van der Waals surface area (Å²) in [6.45, 7) is 9.37. The van der Waals surface area contributed by atoms with Crippen LogP contribution in [0.25, 0.3) is 0 Å². The van der Waals surface area contributed by atoms with Crippen LogP contribution in [0.5, 0.6) is 0 Å². The molecule has 1 saturated heterocycles. The maximum atomic E-state index is 13.4. The number of hydrogen-bond acceptors (Lipinski definition) is 5. The van der Waals surface area contributed by atoms with Gasteiger partial charge in [-0.25, -0.2) is 13.8 Å². The summed E-state index contributed by atoms with van der Waals surface area (Å²) in [5, 5.41) is 16.2. The van der Waals surface area contributed by atoms with E-state index in [-0.39, 0.29) is 23.6 Å². The average Bonchev–Trinajstić information content (AvgIpc) is 3.42. The van der Waals surface area contributed by atoms with Crippen molar-refractivity contribution in [2.45, 2.75) is 64.1 Å². The van der Waals surface area contributed by atoms with Crippen molar-refractivity contribution in [3.63, 3.8) is 0 Å². The van der Waals surface area contributed by atoms with Crippen LogP contribution in [0.15, 0.2) is 30.7 Å². The number of aliphatic hydroxyl groups excluding tert-OH is 1. The number of halogens is 2. The predicted molar refractivity (Wildman–Crippen MR) is 124 cm³/mol. The second kappa shape index (κ2) is 11.2. The largest absolute Gasteiger partial charge is 0.387 e. The number of aliphatic hydroxyl groups is 1. The van der Waals surface area contributed by atoms with Crippen LogP contribution in [-0.4, -0.2) is 57.7 Å². The molecule has 9 heteroatoms. The number of benzene rings is 1. The Morgan fingerprint density at radius 1 is 1.21 bits per heavy atom. The highest BCUT2D eigenvalue weighted by Gasteiger charge is 2.26. The summed E-state index contributed by atoms with van der Waals surface area (Å²) in [5.74, 6) is -1.31. The van der Waals surface area contributed by atoms with Gasteiger partial charge >= 0.3 is 0 Å². The van der Waals surface area contributed by atoms with E-state index in [0.29, 0.717) is 12.2 Å². The van der Waals surface area contributed by atoms with Gasteiger partial charge in [0.2, 0.25) is 5.91 Å². The van der Waals surface area contributed by atoms with Gasteiger partial charge in [0.25, 0.3) is 0 Å². The van der Waals surface area contributed by atoms with Crippen LogP contribution in [0.1, 0.15) is 58.1 Å². The van der Waals surface area contributed by atoms with Crippen molar-refractivity contribution in [3.8, 4) is 0 Å². The van der Waals surface area contributed by atoms with Crippen molar-refractivity contribution in [1.29, 1.82) is 0 Å². The van der Waals surface area contributed by atoms with E-state index in [0.717, 1.165) is 44.3 Å². The zero-order valence-corrected chi connectivity index (χ0v) is 19.7. The lowest BCUT2D eigenvalue weighted by Crippen LogP contribution is -2.42. The molecule has 1 aromatic heterocycles. The second-order valence-corrected chi connectivity index (χ2v) is 9.42. The fourth-order valence-electron chi connectivity index (χ4n) is 4.26. The summed E-state index contributed by atoms with van der Waals surface area (Å²) < 4.78 is 28.9. The number of anilines is 1. The van der Waals surface area contributed by atoms with Gasteiger partial charge in [-0.1, -0.05) is 13.3 Å². The van der Waals surface area contributed by atoms with E-state index in [1.54, 1.807) is 6.33 Å². The zero-order valence-electron chi connectivity index (χ0n) is 19.7. The second-order valence-electron chi connectivity index (χ2n) is 9.42. The van der Waals surface area contributed by atoms with Gasteiger partial charge in [0.05, 0.1) is 24.0 Å². The third-order valence-corrected chi connectivity index (χ3v) is 6.06. The van der Waals surface area contributed by atoms with Gasteiger partial charge in [0.1, 0.15) is 11.6 Å². The molecule has 182 valence electrons. The van der Waals surface area contributed by atoms with E-state index in [2.05, 4.69) is 34.4 Å². The summed E-state index contributed by atoms with van der Waals surface area (Å²) in [4.78, 5) is 19.7. The molecule has 3 rings (SSSR count). The molecule has 2 aromatic rings. The highest BCUT2D eigenvalue weighted by atomic mass is 19.1. The summed E-state index contributed by atoms with van der Waals surface area (Å²) in [5.41, 5.74) is -0.0410. The molecule has 1 aromatic carbocycles. The molecule has 0 radical (unpaired) electrons. The van der Waals surface area contributed by atoms with Gasteiger partial charge in [-0.2, -0.15) is 0 Å². The standard InChI is InChI=1S/C24H35F2N5O2/c1-4-7-20(27-13-21(32)17-10-18(25)12-19(26)11-17)23(33)29-22-14-31(16-28-22)24(2,3)15-30-8-5-6-9-30/h10-12,14,16,20-21,27,32H,4-9,13,15H2,1-3H3,(H,29,33)/t20-,21?/m0/s1. The number of nitrogens with one attached hydrogen (secondary N) is 2. The molecule has 2 heterocycles. The molecule has 0 spiro atoms. The zero-order chi connectivity index (χ0) is 24.0. The summed E-state index contributed by atoms with van der Waals surface area (Å²) in [6, 6.07) is 2.34. The Morgan fingerprint density at radius 2 is 1.88 bits per heavy atom. The Labute approximate surface area is 194 Å². The van der Waals surface area contributed by atoms with Crippen LogP contribution in [0.2, 0.25) is 0 Å². The molecular weight excluding hydrogens is 428 g/mol. The molecule has 7 nitrogen and oxygen atoms in total. The Kier molecular flexibility index (Phi) is 8.56. The van der Waals surface area contributed by atoms with Crippen molar-refractivity contribution in [3.05, 3.63) is 47.9 Å². The lowest BCUT2D eigenvalue weighted by molar-refractivity contribution is -0.118. The molecule has 1 fully saturated rings. The number of hydrogen-bond donors (Lipinski definition) is 3.